The number of aliphatic imine (C=N–C) groups is 1. The van der Waals surface area contributed by atoms with Gasteiger partial charge in [-0.2, -0.15) is 0 Å². The molecule has 7 heteroatoms. The Morgan fingerprint density at radius 1 is 1.24 bits per heavy atom. The van der Waals surface area contributed by atoms with Gasteiger partial charge in [-0.25, -0.2) is 8.42 Å². The monoisotopic (exact) mass is 367 g/mol. The molecule has 0 radical (unpaired) electrons. The third kappa shape index (κ3) is 6.66. The molecule has 0 bridgehead atoms. The van der Waals surface area contributed by atoms with Gasteiger partial charge in [-0.3, -0.25) is 4.99 Å². The molecule has 1 saturated heterocycles. The Hall–Kier alpha value is -1.60. The summed E-state index contributed by atoms with van der Waals surface area (Å²) in [5.74, 6) is 0.979. The van der Waals surface area contributed by atoms with E-state index in [9.17, 15) is 8.42 Å². The van der Waals surface area contributed by atoms with Gasteiger partial charge in [-0.05, 0) is 30.9 Å². The number of nitrogens with one attached hydrogen (secondary N) is 1. The summed E-state index contributed by atoms with van der Waals surface area (Å²) < 4.78 is 28.4. The average molecular weight is 368 g/mol. The molecule has 0 aromatic heterocycles. The predicted molar refractivity (Wildman–Crippen MR) is 101 cm³/mol. The van der Waals surface area contributed by atoms with Crippen LogP contribution in [0.25, 0.3) is 0 Å². The fourth-order valence-corrected chi connectivity index (χ4v) is 3.84. The summed E-state index contributed by atoms with van der Waals surface area (Å²) in [6.45, 7) is 5.35. The molecule has 1 aromatic carbocycles. The second-order valence-electron chi connectivity index (χ2n) is 6.43. The minimum Gasteiger partial charge on any atom is -0.378 e. The third-order valence-corrected chi connectivity index (χ3v) is 5.12. The van der Waals surface area contributed by atoms with Crippen LogP contribution in [-0.2, 0) is 26.9 Å². The summed E-state index contributed by atoms with van der Waals surface area (Å²) in [4.78, 5) is 6.63. The number of guanidine groups is 1. The number of hydrogen-bond acceptors (Lipinski definition) is 4. The average Bonchev–Trinajstić information content (AvgIpc) is 2.57. The summed E-state index contributed by atoms with van der Waals surface area (Å²) in [5.41, 5.74) is 1.91. The maximum atomic E-state index is 11.3. The first kappa shape index (κ1) is 19.7. The highest BCUT2D eigenvalue weighted by Crippen LogP contribution is 2.14. The molecular weight excluding hydrogens is 338 g/mol. The van der Waals surface area contributed by atoms with Gasteiger partial charge in [0.05, 0.1) is 11.9 Å². The van der Waals surface area contributed by atoms with Gasteiger partial charge in [-0.1, -0.05) is 24.3 Å². The fraction of sp³-hybridized carbons (Fsp3) is 0.611. The number of benzene rings is 1. The highest BCUT2D eigenvalue weighted by Gasteiger charge is 2.21. The number of likely N-dealkylation sites (tertiary alicyclic amines) is 1. The number of rotatable bonds is 6. The minimum absolute atomic E-state index is 0.0805. The summed E-state index contributed by atoms with van der Waals surface area (Å²) >= 11 is 0. The largest absolute Gasteiger partial charge is 0.378 e. The van der Waals surface area contributed by atoms with Crippen LogP contribution in [0.2, 0.25) is 0 Å². The molecule has 1 aromatic rings. The molecule has 1 aliphatic heterocycles. The normalized spacial score (nSPS) is 16.9. The SMILES string of the molecule is CCOC1CCN(C(=NC)NCc2ccc(CS(C)(=O)=O)cc2)CC1. The molecule has 1 heterocycles. The lowest BCUT2D eigenvalue weighted by atomic mass is 10.1. The lowest BCUT2D eigenvalue weighted by molar-refractivity contribution is 0.0263. The van der Waals surface area contributed by atoms with Crippen molar-refractivity contribution in [3.05, 3.63) is 35.4 Å². The molecule has 0 spiro atoms. The Labute approximate surface area is 151 Å². The molecule has 0 amide bonds. The van der Waals surface area contributed by atoms with Gasteiger partial charge in [0, 0.05) is 39.5 Å². The Morgan fingerprint density at radius 2 is 1.84 bits per heavy atom. The van der Waals surface area contributed by atoms with Gasteiger partial charge in [0.1, 0.15) is 0 Å². The zero-order valence-electron chi connectivity index (χ0n) is 15.4. The Bertz CT molecular complexity index is 663. The van der Waals surface area contributed by atoms with Crippen molar-refractivity contribution in [2.24, 2.45) is 4.99 Å². The van der Waals surface area contributed by atoms with Crippen LogP contribution in [0.4, 0.5) is 0 Å². The topological polar surface area (TPSA) is 71.0 Å². The maximum Gasteiger partial charge on any atom is 0.193 e. The van der Waals surface area contributed by atoms with E-state index in [0.717, 1.165) is 49.6 Å². The molecule has 25 heavy (non-hydrogen) atoms. The van der Waals surface area contributed by atoms with Crippen LogP contribution in [-0.4, -0.2) is 58.4 Å². The van der Waals surface area contributed by atoms with Crippen molar-refractivity contribution in [1.82, 2.24) is 10.2 Å². The number of ether oxygens (including phenoxy) is 1. The van der Waals surface area contributed by atoms with Crippen molar-refractivity contribution in [2.45, 2.75) is 38.2 Å². The standard InChI is InChI=1S/C18H29N3O3S/c1-4-24-17-9-11-21(12-10-17)18(19-2)20-13-15-5-7-16(8-6-15)14-25(3,22)23/h5-8,17H,4,9-14H2,1-3H3,(H,19,20). The molecule has 1 aliphatic rings. The predicted octanol–water partition coefficient (Wildman–Crippen LogP) is 1.81. The Morgan fingerprint density at radius 3 is 2.36 bits per heavy atom. The van der Waals surface area contributed by atoms with Crippen LogP contribution in [0.15, 0.2) is 29.3 Å². The summed E-state index contributed by atoms with van der Waals surface area (Å²) in [6, 6.07) is 7.66. The quantitative estimate of drug-likeness (QED) is 0.613. The third-order valence-electron chi connectivity index (χ3n) is 4.26. The van der Waals surface area contributed by atoms with Gasteiger partial charge in [0.25, 0.3) is 0 Å². The van der Waals surface area contributed by atoms with E-state index in [-0.39, 0.29) is 5.75 Å². The smallest absolute Gasteiger partial charge is 0.193 e. The van der Waals surface area contributed by atoms with E-state index >= 15 is 0 Å². The van der Waals surface area contributed by atoms with Gasteiger partial charge < -0.3 is 15.0 Å². The van der Waals surface area contributed by atoms with E-state index in [2.05, 4.69) is 15.2 Å². The highest BCUT2D eigenvalue weighted by atomic mass is 32.2. The van der Waals surface area contributed by atoms with E-state index in [4.69, 9.17) is 4.74 Å². The first-order valence-corrected chi connectivity index (χ1v) is 10.8. The van der Waals surface area contributed by atoms with Crippen LogP contribution in [0, 0.1) is 0 Å². The highest BCUT2D eigenvalue weighted by molar-refractivity contribution is 7.89. The minimum atomic E-state index is -2.99. The number of piperidine rings is 1. The van der Waals surface area contributed by atoms with Gasteiger partial charge >= 0.3 is 0 Å². The molecule has 140 valence electrons. The molecular formula is C18H29N3O3S. The van der Waals surface area contributed by atoms with Crippen molar-refractivity contribution in [3.8, 4) is 0 Å². The van der Waals surface area contributed by atoms with E-state index < -0.39 is 9.84 Å². The summed E-state index contributed by atoms with van der Waals surface area (Å²) in [7, 11) is -1.20. The molecule has 1 N–H and O–H groups in total. The Kier molecular flexibility index (Phi) is 7.25. The van der Waals surface area contributed by atoms with Crippen molar-refractivity contribution in [2.75, 3.05) is 33.0 Å². The number of nitrogens with zero attached hydrogens (tertiary/aromatic N) is 2. The molecule has 0 saturated carbocycles. The molecule has 0 atom stereocenters. The van der Waals surface area contributed by atoms with Crippen LogP contribution < -0.4 is 5.32 Å². The van der Waals surface area contributed by atoms with Crippen molar-refractivity contribution < 1.29 is 13.2 Å². The maximum absolute atomic E-state index is 11.3. The van der Waals surface area contributed by atoms with Crippen molar-refractivity contribution >= 4 is 15.8 Å². The van der Waals surface area contributed by atoms with Crippen molar-refractivity contribution in [3.63, 3.8) is 0 Å². The van der Waals surface area contributed by atoms with E-state index in [0.29, 0.717) is 12.6 Å². The lowest BCUT2D eigenvalue weighted by Gasteiger charge is -2.34. The summed E-state index contributed by atoms with van der Waals surface area (Å²) in [6.07, 6.45) is 3.66. The van der Waals surface area contributed by atoms with Crippen LogP contribution >= 0.6 is 0 Å². The van der Waals surface area contributed by atoms with E-state index in [1.807, 2.05) is 31.2 Å². The van der Waals surface area contributed by atoms with Crippen LogP contribution in [0.1, 0.15) is 30.9 Å². The van der Waals surface area contributed by atoms with E-state index in [1.54, 1.807) is 7.05 Å². The zero-order valence-corrected chi connectivity index (χ0v) is 16.2. The molecule has 1 fully saturated rings. The van der Waals surface area contributed by atoms with Crippen molar-refractivity contribution in [1.29, 1.82) is 0 Å². The second kappa shape index (κ2) is 9.20. The second-order valence-corrected chi connectivity index (χ2v) is 8.57. The number of hydrogen-bond donors (Lipinski definition) is 1. The van der Waals surface area contributed by atoms with Gasteiger partial charge in [-0.15, -0.1) is 0 Å². The Balaban J connectivity index is 1.85. The molecule has 0 aliphatic carbocycles. The molecule has 0 unspecified atom stereocenters. The lowest BCUT2D eigenvalue weighted by Crippen LogP contribution is -2.46. The number of sulfone groups is 1. The van der Waals surface area contributed by atoms with E-state index in [1.165, 1.54) is 6.26 Å². The fourth-order valence-electron chi connectivity index (χ4n) is 3.04. The molecule has 2 rings (SSSR count). The molecule has 6 nitrogen and oxygen atoms in total. The van der Waals surface area contributed by atoms with Gasteiger partial charge in [0.15, 0.2) is 15.8 Å². The van der Waals surface area contributed by atoms with Crippen LogP contribution in [0.3, 0.4) is 0 Å². The van der Waals surface area contributed by atoms with Crippen LogP contribution in [0.5, 0.6) is 0 Å². The first-order chi connectivity index (χ1) is 11.9. The summed E-state index contributed by atoms with van der Waals surface area (Å²) in [5, 5.41) is 3.39. The van der Waals surface area contributed by atoms with Gasteiger partial charge in [0.2, 0.25) is 0 Å². The zero-order chi connectivity index (χ0) is 18.3. The first-order valence-electron chi connectivity index (χ1n) is 8.74.